The van der Waals surface area contributed by atoms with Crippen molar-refractivity contribution in [3.8, 4) is 0 Å². The Bertz CT molecular complexity index is 368. The average Bonchev–Trinajstić information content (AvgIpc) is 2.42. The van der Waals surface area contributed by atoms with Crippen LogP contribution in [0, 0.1) is 0 Å². The number of amides is 1. The molecule has 0 aromatic heterocycles. The Morgan fingerprint density at radius 2 is 1.70 bits per heavy atom. The molecule has 0 aliphatic rings. The molecule has 0 aliphatic heterocycles. The first kappa shape index (κ1) is 16.7. The van der Waals surface area contributed by atoms with Crippen LogP contribution in [-0.2, 0) is 4.79 Å². The molecule has 112 valence electrons. The van der Waals surface area contributed by atoms with E-state index in [1.165, 1.54) is 5.56 Å². The molecule has 1 N–H and O–H groups in total. The number of benzene rings is 1. The van der Waals surface area contributed by atoms with Gasteiger partial charge in [-0.15, -0.1) is 0 Å². The van der Waals surface area contributed by atoms with Crippen molar-refractivity contribution in [2.75, 3.05) is 13.1 Å². The van der Waals surface area contributed by atoms with E-state index in [1.807, 2.05) is 6.07 Å². The molecule has 1 atom stereocenters. The smallest absolute Gasteiger partial charge is 0.207 e. The van der Waals surface area contributed by atoms with E-state index >= 15 is 0 Å². The zero-order chi connectivity index (χ0) is 15.0. The topological polar surface area (TPSA) is 32.3 Å². The predicted molar refractivity (Wildman–Crippen MR) is 84.8 cm³/mol. The van der Waals surface area contributed by atoms with Crippen LogP contribution >= 0.6 is 0 Å². The molecule has 3 heteroatoms. The number of hydrogen-bond donors (Lipinski definition) is 1. The minimum absolute atomic E-state index is 0.376. The summed E-state index contributed by atoms with van der Waals surface area (Å²) in [6.45, 7) is 10.7. The van der Waals surface area contributed by atoms with Gasteiger partial charge in [0.05, 0.1) is 0 Å². The number of nitrogens with one attached hydrogen (secondary N) is 1. The van der Waals surface area contributed by atoms with E-state index in [1.54, 1.807) is 0 Å². The highest BCUT2D eigenvalue weighted by Gasteiger charge is 2.17. The summed E-state index contributed by atoms with van der Waals surface area (Å²) in [4.78, 5) is 13.1. The van der Waals surface area contributed by atoms with Crippen LogP contribution in [0.2, 0.25) is 0 Å². The third kappa shape index (κ3) is 5.33. The van der Waals surface area contributed by atoms with Gasteiger partial charge in [0.15, 0.2) is 0 Å². The molecule has 0 saturated heterocycles. The van der Waals surface area contributed by atoms with Crippen LogP contribution in [0.5, 0.6) is 0 Å². The fraction of sp³-hybridized carbons (Fsp3) is 0.588. The first-order valence-corrected chi connectivity index (χ1v) is 7.54. The second-order valence-corrected chi connectivity index (χ2v) is 5.85. The van der Waals surface area contributed by atoms with Gasteiger partial charge in [-0.2, -0.15) is 0 Å². The van der Waals surface area contributed by atoms with Crippen LogP contribution in [0.15, 0.2) is 30.3 Å². The number of carbonyl (C=O) groups excluding carboxylic acids is 1. The Balaban J connectivity index is 2.67. The van der Waals surface area contributed by atoms with Crippen molar-refractivity contribution in [1.82, 2.24) is 10.2 Å². The third-order valence-electron chi connectivity index (χ3n) is 3.78. The second kappa shape index (κ2) is 8.75. The highest BCUT2D eigenvalue weighted by Crippen LogP contribution is 2.20. The lowest BCUT2D eigenvalue weighted by Crippen LogP contribution is -2.38. The van der Waals surface area contributed by atoms with E-state index in [0.717, 1.165) is 19.4 Å². The second-order valence-electron chi connectivity index (χ2n) is 5.85. The predicted octanol–water partition coefficient (Wildman–Crippen LogP) is 3.03. The standard InChI is InChI=1S/C17H28N2O/c1-14(2)19(15(3)4)11-10-17(12-18-13-20)16-8-6-5-7-9-16/h5-9,13-15,17H,10-12H2,1-4H3,(H,18,20)/t17-/m0/s1. The number of hydrogen-bond acceptors (Lipinski definition) is 2. The zero-order valence-electron chi connectivity index (χ0n) is 13.2. The highest BCUT2D eigenvalue weighted by molar-refractivity contribution is 5.46. The summed E-state index contributed by atoms with van der Waals surface area (Å²) in [6.07, 6.45) is 1.85. The number of rotatable bonds is 9. The van der Waals surface area contributed by atoms with Gasteiger partial charge in [0, 0.05) is 24.5 Å². The number of nitrogens with zero attached hydrogens (tertiary/aromatic N) is 1. The highest BCUT2D eigenvalue weighted by atomic mass is 16.1. The first-order chi connectivity index (χ1) is 9.56. The van der Waals surface area contributed by atoms with Gasteiger partial charge in [0.2, 0.25) is 6.41 Å². The molecule has 0 fully saturated rings. The molecule has 0 spiro atoms. The lowest BCUT2D eigenvalue weighted by Gasteiger charge is -2.32. The maximum Gasteiger partial charge on any atom is 0.207 e. The van der Waals surface area contributed by atoms with Crippen LogP contribution in [-0.4, -0.2) is 36.5 Å². The van der Waals surface area contributed by atoms with Crippen molar-refractivity contribution < 1.29 is 4.79 Å². The van der Waals surface area contributed by atoms with Gasteiger partial charge in [-0.1, -0.05) is 30.3 Å². The Kier molecular flexibility index (Phi) is 7.31. The quantitative estimate of drug-likeness (QED) is 0.703. The molecule has 0 radical (unpaired) electrons. The molecule has 1 aromatic rings. The van der Waals surface area contributed by atoms with Gasteiger partial charge in [-0.3, -0.25) is 9.69 Å². The van der Waals surface area contributed by atoms with Gasteiger partial charge in [-0.25, -0.2) is 0 Å². The van der Waals surface area contributed by atoms with E-state index < -0.39 is 0 Å². The van der Waals surface area contributed by atoms with Crippen molar-refractivity contribution in [2.24, 2.45) is 0 Å². The monoisotopic (exact) mass is 276 g/mol. The summed E-state index contributed by atoms with van der Waals surface area (Å²) in [7, 11) is 0. The van der Waals surface area contributed by atoms with E-state index in [-0.39, 0.29) is 0 Å². The molecule has 1 amide bonds. The molecule has 20 heavy (non-hydrogen) atoms. The van der Waals surface area contributed by atoms with Crippen molar-refractivity contribution in [3.05, 3.63) is 35.9 Å². The summed E-state index contributed by atoms with van der Waals surface area (Å²) in [5, 5.41) is 2.83. The molecular weight excluding hydrogens is 248 g/mol. The fourth-order valence-corrected chi connectivity index (χ4v) is 2.72. The van der Waals surface area contributed by atoms with Crippen LogP contribution in [0.4, 0.5) is 0 Å². The van der Waals surface area contributed by atoms with Gasteiger partial charge >= 0.3 is 0 Å². The Hall–Kier alpha value is -1.35. The zero-order valence-corrected chi connectivity index (χ0v) is 13.2. The van der Waals surface area contributed by atoms with Crippen LogP contribution in [0.25, 0.3) is 0 Å². The van der Waals surface area contributed by atoms with Crippen LogP contribution < -0.4 is 5.32 Å². The normalized spacial score (nSPS) is 12.9. The molecule has 0 aliphatic carbocycles. The summed E-state index contributed by atoms with van der Waals surface area (Å²) < 4.78 is 0. The summed E-state index contributed by atoms with van der Waals surface area (Å²) >= 11 is 0. The maximum atomic E-state index is 10.6. The fourth-order valence-electron chi connectivity index (χ4n) is 2.72. The number of carbonyl (C=O) groups is 1. The van der Waals surface area contributed by atoms with Crippen LogP contribution in [0.1, 0.15) is 45.6 Å². The lowest BCUT2D eigenvalue weighted by molar-refractivity contribution is -0.109. The summed E-state index contributed by atoms with van der Waals surface area (Å²) in [5.41, 5.74) is 1.30. The Morgan fingerprint density at radius 1 is 1.10 bits per heavy atom. The third-order valence-corrected chi connectivity index (χ3v) is 3.78. The molecule has 0 saturated carbocycles. The van der Waals surface area contributed by atoms with E-state index in [2.05, 4.69) is 62.2 Å². The average molecular weight is 276 g/mol. The molecule has 3 nitrogen and oxygen atoms in total. The molecule has 0 heterocycles. The Morgan fingerprint density at radius 3 is 2.20 bits per heavy atom. The molecular formula is C17H28N2O. The summed E-state index contributed by atoms with van der Waals surface area (Å²) in [5.74, 6) is 0.376. The van der Waals surface area contributed by atoms with E-state index in [9.17, 15) is 4.79 Å². The van der Waals surface area contributed by atoms with Gasteiger partial charge in [0.1, 0.15) is 0 Å². The van der Waals surface area contributed by atoms with Crippen molar-refractivity contribution in [3.63, 3.8) is 0 Å². The van der Waals surface area contributed by atoms with Crippen molar-refractivity contribution in [1.29, 1.82) is 0 Å². The SMILES string of the molecule is CC(C)N(CC[C@@H](CNC=O)c1ccccc1)C(C)C. The van der Waals surface area contributed by atoms with Gasteiger partial charge in [0.25, 0.3) is 0 Å². The lowest BCUT2D eigenvalue weighted by atomic mass is 9.95. The molecule has 0 unspecified atom stereocenters. The van der Waals surface area contributed by atoms with Crippen molar-refractivity contribution in [2.45, 2.75) is 52.1 Å². The van der Waals surface area contributed by atoms with Crippen LogP contribution in [0.3, 0.4) is 0 Å². The maximum absolute atomic E-state index is 10.6. The molecule has 1 aromatic carbocycles. The van der Waals surface area contributed by atoms with E-state index in [4.69, 9.17) is 0 Å². The largest absolute Gasteiger partial charge is 0.358 e. The minimum Gasteiger partial charge on any atom is -0.358 e. The Labute approximate surface area is 123 Å². The summed E-state index contributed by atoms with van der Waals surface area (Å²) in [6, 6.07) is 11.5. The molecule has 0 bridgehead atoms. The molecule has 1 rings (SSSR count). The van der Waals surface area contributed by atoms with Gasteiger partial charge < -0.3 is 5.32 Å². The first-order valence-electron chi connectivity index (χ1n) is 7.54. The van der Waals surface area contributed by atoms with Crippen molar-refractivity contribution >= 4 is 6.41 Å². The van der Waals surface area contributed by atoms with E-state index in [0.29, 0.717) is 24.5 Å². The minimum atomic E-state index is 0.376. The van der Waals surface area contributed by atoms with Gasteiger partial charge in [-0.05, 0) is 46.2 Å².